The van der Waals surface area contributed by atoms with Crippen molar-refractivity contribution in [3.05, 3.63) is 29.3 Å². The summed E-state index contributed by atoms with van der Waals surface area (Å²) >= 11 is 0. The highest BCUT2D eigenvalue weighted by atomic mass is 16.2. The van der Waals surface area contributed by atoms with Crippen molar-refractivity contribution >= 4 is 11.6 Å². The molecule has 0 spiro atoms. The van der Waals surface area contributed by atoms with Gasteiger partial charge in [-0.1, -0.05) is 25.0 Å². The first-order chi connectivity index (χ1) is 13.1. The average Bonchev–Trinajstić information content (AvgIpc) is 2.70. The van der Waals surface area contributed by atoms with Crippen LogP contribution in [0.25, 0.3) is 0 Å². The van der Waals surface area contributed by atoms with Crippen LogP contribution < -0.4 is 9.80 Å². The van der Waals surface area contributed by atoms with Crippen LogP contribution in [0.5, 0.6) is 0 Å². The summed E-state index contributed by atoms with van der Waals surface area (Å²) in [5, 5.41) is 0. The number of amides is 1. The minimum Gasteiger partial charge on any atom is -0.360 e. The van der Waals surface area contributed by atoms with E-state index >= 15 is 0 Å². The molecule has 1 aliphatic carbocycles. The fraction of sp³-hybridized carbons (Fsp3) is 0.696. The van der Waals surface area contributed by atoms with Gasteiger partial charge in [0.1, 0.15) is 0 Å². The summed E-state index contributed by atoms with van der Waals surface area (Å²) in [4.78, 5) is 19.3. The van der Waals surface area contributed by atoms with Crippen LogP contribution in [-0.2, 0) is 4.79 Å². The van der Waals surface area contributed by atoms with E-state index < -0.39 is 0 Å². The molecular weight excluding hydrogens is 334 g/mol. The van der Waals surface area contributed by atoms with Gasteiger partial charge in [-0.25, -0.2) is 0 Å². The van der Waals surface area contributed by atoms with E-state index in [0.29, 0.717) is 18.5 Å². The van der Waals surface area contributed by atoms with Crippen molar-refractivity contribution in [2.45, 2.75) is 58.4 Å². The van der Waals surface area contributed by atoms with Crippen molar-refractivity contribution in [1.29, 1.82) is 0 Å². The normalized spacial score (nSPS) is 26.7. The van der Waals surface area contributed by atoms with Crippen molar-refractivity contribution in [2.24, 2.45) is 5.92 Å². The number of nitrogens with one attached hydrogen (secondary N) is 1. The Bertz CT molecular complexity index is 664. The number of rotatable bonds is 3. The summed E-state index contributed by atoms with van der Waals surface area (Å²) in [6.07, 6.45) is 7.82. The number of hydrogen-bond donors (Lipinski definition) is 1. The molecule has 0 unspecified atom stereocenters. The summed E-state index contributed by atoms with van der Waals surface area (Å²) in [6, 6.07) is 7.15. The van der Waals surface area contributed by atoms with Crippen molar-refractivity contribution in [2.75, 3.05) is 44.2 Å². The van der Waals surface area contributed by atoms with Gasteiger partial charge in [0.2, 0.25) is 0 Å². The van der Waals surface area contributed by atoms with Crippen LogP contribution in [0.4, 0.5) is 5.69 Å². The quantitative estimate of drug-likeness (QED) is 0.883. The van der Waals surface area contributed by atoms with Gasteiger partial charge in [0.15, 0.2) is 6.54 Å². The molecule has 1 aromatic carbocycles. The summed E-state index contributed by atoms with van der Waals surface area (Å²) in [5.41, 5.74) is 4.14. The van der Waals surface area contributed by atoms with Crippen molar-refractivity contribution in [1.82, 2.24) is 4.90 Å². The van der Waals surface area contributed by atoms with Gasteiger partial charge in [0, 0.05) is 18.3 Å². The third-order valence-electron chi connectivity index (χ3n) is 7.35. The second kappa shape index (κ2) is 8.22. The Kier molecular flexibility index (Phi) is 5.72. The van der Waals surface area contributed by atoms with E-state index in [1.54, 1.807) is 0 Å². The highest BCUT2D eigenvalue weighted by Gasteiger charge is 2.37. The Morgan fingerprint density at radius 2 is 1.78 bits per heavy atom. The van der Waals surface area contributed by atoms with Gasteiger partial charge >= 0.3 is 0 Å². The smallest absolute Gasteiger partial charge is 0.278 e. The molecule has 2 atom stereocenters. The Balaban J connectivity index is 1.32. The van der Waals surface area contributed by atoms with Crippen LogP contribution >= 0.6 is 0 Å². The third kappa shape index (κ3) is 4.01. The lowest BCUT2D eigenvalue weighted by Gasteiger charge is -2.44. The second-order valence-corrected chi connectivity index (χ2v) is 8.97. The zero-order valence-electron chi connectivity index (χ0n) is 17.2. The summed E-state index contributed by atoms with van der Waals surface area (Å²) in [5.74, 6) is 1.20. The van der Waals surface area contributed by atoms with Crippen LogP contribution in [0.3, 0.4) is 0 Å². The van der Waals surface area contributed by atoms with E-state index in [-0.39, 0.29) is 0 Å². The number of carbonyl (C=O) groups is 1. The highest BCUT2D eigenvalue weighted by molar-refractivity contribution is 5.77. The molecule has 148 valence electrons. The number of carbonyl (C=O) groups excluding carboxylic acids is 1. The number of piperidine rings is 1. The van der Waals surface area contributed by atoms with Crippen LogP contribution in [0.15, 0.2) is 18.2 Å². The molecule has 3 fully saturated rings. The highest BCUT2D eigenvalue weighted by Crippen LogP contribution is 2.35. The minimum absolute atomic E-state index is 0.418. The van der Waals surface area contributed by atoms with Crippen molar-refractivity contribution < 1.29 is 9.69 Å². The molecule has 0 bridgehead atoms. The van der Waals surface area contributed by atoms with Crippen LogP contribution in [0, 0.1) is 19.8 Å². The maximum absolute atomic E-state index is 13.1. The van der Waals surface area contributed by atoms with Crippen LogP contribution in [0.1, 0.15) is 49.7 Å². The van der Waals surface area contributed by atoms with Gasteiger partial charge < -0.3 is 14.7 Å². The standard InChI is InChI=1S/C23H35N3O/c1-18-7-5-11-21(19(18)2)25-15-13-24(14-16-25)17-23(27)26-12-6-9-20-8-3-4-10-22(20)26/h5,7,11,20,22H,3-4,6,8-10,12-17H2,1-2H3/p+1/t20-,22-/m1/s1. The van der Waals surface area contributed by atoms with Crippen LogP contribution in [0.2, 0.25) is 0 Å². The first kappa shape index (κ1) is 18.8. The Hall–Kier alpha value is -1.55. The zero-order valence-corrected chi connectivity index (χ0v) is 17.2. The van der Waals surface area contributed by atoms with Gasteiger partial charge in [0.25, 0.3) is 5.91 Å². The van der Waals surface area contributed by atoms with E-state index in [9.17, 15) is 4.79 Å². The Morgan fingerprint density at radius 3 is 2.59 bits per heavy atom. The first-order valence-electron chi connectivity index (χ1n) is 11.1. The molecule has 0 radical (unpaired) electrons. The number of anilines is 1. The van der Waals surface area contributed by atoms with Crippen LogP contribution in [-0.4, -0.2) is 56.1 Å². The number of fused-ring (bicyclic) bond motifs is 1. The number of quaternary nitrogens is 1. The number of nitrogens with zero attached hydrogens (tertiary/aromatic N) is 2. The molecule has 1 amide bonds. The SMILES string of the molecule is Cc1cccc(N2CC[NH+](CC(=O)N3CCC[C@H]4CCCC[C@H]43)CC2)c1C. The summed E-state index contributed by atoms with van der Waals surface area (Å²) in [7, 11) is 0. The van der Waals surface area contributed by atoms with Crippen molar-refractivity contribution in [3.63, 3.8) is 0 Å². The fourth-order valence-corrected chi connectivity index (χ4v) is 5.57. The second-order valence-electron chi connectivity index (χ2n) is 8.97. The molecule has 1 N–H and O–H groups in total. The van der Waals surface area contributed by atoms with Gasteiger partial charge in [-0.2, -0.15) is 0 Å². The largest absolute Gasteiger partial charge is 0.360 e. The Morgan fingerprint density at radius 1 is 1.04 bits per heavy atom. The molecule has 2 heterocycles. The molecule has 4 heteroatoms. The number of likely N-dealkylation sites (tertiary alicyclic amines) is 1. The molecule has 4 rings (SSSR count). The lowest BCUT2D eigenvalue weighted by Crippen LogP contribution is -3.16. The average molecular weight is 371 g/mol. The topological polar surface area (TPSA) is 28.0 Å². The van der Waals surface area contributed by atoms with E-state index in [1.807, 2.05) is 0 Å². The third-order valence-corrected chi connectivity index (χ3v) is 7.35. The molecule has 1 aromatic rings. The Labute approximate surface area is 164 Å². The van der Waals surface area contributed by atoms with E-state index in [4.69, 9.17) is 0 Å². The first-order valence-corrected chi connectivity index (χ1v) is 11.1. The predicted molar refractivity (Wildman–Crippen MR) is 110 cm³/mol. The van der Waals surface area contributed by atoms with Gasteiger partial charge in [0.05, 0.1) is 26.2 Å². The minimum atomic E-state index is 0.418. The molecular formula is C23H36N3O+. The predicted octanol–water partition coefficient (Wildman–Crippen LogP) is 2.19. The lowest BCUT2D eigenvalue weighted by atomic mass is 9.78. The maximum Gasteiger partial charge on any atom is 0.278 e. The molecule has 4 nitrogen and oxygen atoms in total. The summed E-state index contributed by atoms with van der Waals surface area (Å²) in [6.45, 7) is 10.4. The zero-order chi connectivity index (χ0) is 18.8. The molecule has 2 saturated heterocycles. The van der Waals surface area contributed by atoms with Gasteiger partial charge in [-0.15, -0.1) is 0 Å². The van der Waals surface area contributed by atoms with Gasteiger partial charge in [-0.3, -0.25) is 4.79 Å². The summed E-state index contributed by atoms with van der Waals surface area (Å²) < 4.78 is 0. The number of aryl methyl sites for hydroxylation is 1. The maximum atomic E-state index is 13.1. The number of benzene rings is 1. The molecule has 0 aromatic heterocycles. The fourth-order valence-electron chi connectivity index (χ4n) is 5.57. The lowest BCUT2D eigenvalue weighted by molar-refractivity contribution is -0.892. The van der Waals surface area contributed by atoms with Crippen molar-refractivity contribution in [3.8, 4) is 0 Å². The van der Waals surface area contributed by atoms with E-state index in [2.05, 4.69) is 41.8 Å². The number of hydrogen-bond acceptors (Lipinski definition) is 2. The monoisotopic (exact) mass is 370 g/mol. The van der Waals surface area contributed by atoms with Gasteiger partial charge in [-0.05, 0) is 62.6 Å². The number of piperazine rings is 1. The van der Waals surface area contributed by atoms with E-state index in [1.165, 1.54) is 60.2 Å². The van der Waals surface area contributed by atoms with E-state index in [0.717, 1.165) is 38.6 Å². The molecule has 1 saturated carbocycles. The molecule has 2 aliphatic heterocycles. The molecule has 3 aliphatic rings. The molecule has 27 heavy (non-hydrogen) atoms.